The van der Waals surface area contributed by atoms with Crippen LogP contribution in [0.2, 0.25) is 0 Å². The molecule has 0 radical (unpaired) electrons. The van der Waals surface area contributed by atoms with Gasteiger partial charge in [0.05, 0.1) is 0 Å². The molecule has 0 aliphatic carbocycles. The zero-order chi connectivity index (χ0) is 20.9. The first-order valence-electron chi connectivity index (χ1n) is 9.31. The quantitative estimate of drug-likeness (QED) is 0.164. The van der Waals surface area contributed by atoms with Crippen LogP contribution in [0.25, 0.3) is 0 Å². The van der Waals surface area contributed by atoms with Gasteiger partial charge in [-0.1, -0.05) is 126 Å². The van der Waals surface area contributed by atoms with Gasteiger partial charge in [0.15, 0.2) is 0 Å². The fourth-order valence-corrected chi connectivity index (χ4v) is 2.27. The minimum Gasteiger partial charge on any atom is -0.264 e. The standard InChI is InChI=1S/C16H34.3CH4.2H2O4S/c1-3-5-7-9-11-13-15-16-14-12-10-8-6-4-2;;;;2*1-5(2,3)4/h3-16H2,1-2H3;3*1H4;2*(H2,1,2,3,4). The molecule has 0 saturated heterocycles. The van der Waals surface area contributed by atoms with Gasteiger partial charge in [-0.2, -0.15) is 16.8 Å². The van der Waals surface area contributed by atoms with E-state index in [0.29, 0.717) is 0 Å². The minimum atomic E-state index is -4.67. The van der Waals surface area contributed by atoms with Crippen molar-refractivity contribution in [1.82, 2.24) is 0 Å². The van der Waals surface area contributed by atoms with Crippen molar-refractivity contribution in [1.29, 1.82) is 0 Å². The lowest BCUT2D eigenvalue weighted by Gasteiger charge is -2.02. The van der Waals surface area contributed by atoms with Crippen LogP contribution in [0.4, 0.5) is 0 Å². The van der Waals surface area contributed by atoms with E-state index in [4.69, 9.17) is 35.0 Å². The third-order valence-electron chi connectivity index (χ3n) is 3.46. The molecule has 8 nitrogen and oxygen atoms in total. The molecule has 0 aromatic heterocycles. The fourth-order valence-electron chi connectivity index (χ4n) is 2.27. The van der Waals surface area contributed by atoms with E-state index < -0.39 is 20.8 Å². The van der Waals surface area contributed by atoms with Crippen LogP contribution in [-0.2, 0) is 20.8 Å². The summed E-state index contributed by atoms with van der Waals surface area (Å²) in [4.78, 5) is 0. The predicted molar refractivity (Wildman–Crippen MR) is 125 cm³/mol. The molecule has 10 heteroatoms. The summed E-state index contributed by atoms with van der Waals surface area (Å²) in [6, 6.07) is 0. The molecule has 4 N–H and O–H groups in total. The van der Waals surface area contributed by atoms with Gasteiger partial charge in [-0.05, 0) is 0 Å². The van der Waals surface area contributed by atoms with Crippen molar-refractivity contribution in [3.63, 3.8) is 0 Å². The first-order chi connectivity index (χ1) is 11.9. The molecule has 0 saturated carbocycles. The fraction of sp³-hybridized carbons (Fsp3) is 1.00. The van der Waals surface area contributed by atoms with Crippen LogP contribution in [-0.4, -0.2) is 35.0 Å². The van der Waals surface area contributed by atoms with Crippen molar-refractivity contribution in [3.05, 3.63) is 0 Å². The Morgan fingerprint density at radius 1 is 0.414 bits per heavy atom. The second kappa shape index (κ2) is 29.9. The van der Waals surface area contributed by atoms with Crippen LogP contribution in [0.5, 0.6) is 0 Å². The van der Waals surface area contributed by atoms with E-state index in [1.807, 2.05) is 0 Å². The molecule has 0 atom stereocenters. The Morgan fingerprint density at radius 2 is 0.517 bits per heavy atom. The van der Waals surface area contributed by atoms with E-state index in [-0.39, 0.29) is 22.3 Å². The Balaban J connectivity index is -0.0000000855. The molecular weight excluding hydrogens is 420 g/mol. The second-order valence-corrected chi connectivity index (χ2v) is 7.93. The molecule has 0 aromatic rings. The van der Waals surface area contributed by atoms with Crippen LogP contribution in [0.3, 0.4) is 0 Å². The highest BCUT2D eigenvalue weighted by atomic mass is 32.3. The van der Waals surface area contributed by atoms with Gasteiger partial charge in [-0.15, -0.1) is 0 Å². The molecule has 0 aliphatic heterocycles. The zero-order valence-electron chi connectivity index (χ0n) is 16.1. The van der Waals surface area contributed by atoms with Crippen molar-refractivity contribution in [2.24, 2.45) is 0 Å². The largest absolute Gasteiger partial charge is 0.394 e. The lowest BCUT2D eigenvalue weighted by molar-refractivity contribution is 0.378. The van der Waals surface area contributed by atoms with E-state index in [9.17, 15) is 0 Å². The van der Waals surface area contributed by atoms with Crippen LogP contribution in [0.15, 0.2) is 0 Å². The molecule has 186 valence electrons. The molecule has 0 rings (SSSR count). The van der Waals surface area contributed by atoms with Gasteiger partial charge in [-0.3, -0.25) is 18.2 Å². The molecule has 0 aromatic carbocycles. The Hall–Kier alpha value is -0.260. The molecule has 0 aliphatic rings. The predicted octanol–water partition coefficient (Wildman–Crippen LogP) is 7.09. The maximum Gasteiger partial charge on any atom is 0.394 e. The van der Waals surface area contributed by atoms with Crippen LogP contribution < -0.4 is 0 Å². The van der Waals surface area contributed by atoms with Crippen molar-refractivity contribution < 1.29 is 35.0 Å². The molecule has 0 heterocycles. The summed E-state index contributed by atoms with van der Waals surface area (Å²) in [5.74, 6) is 0. The van der Waals surface area contributed by atoms with Gasteiger partial charge in [0.25, 0.3) is 0 Å². The third kappa shape index (κ3) is 113. The summed E-state index contributed by atoms with van der Waals surface area (Å²) >= 11 is 0. The van der Waals surface area contributed by atoms with Gasteiger partial charge >= 0.3 is 20.8 Å². The lowest BCUT2D eigenvalue weighted by atomic mass is 10.0. The van der Waals surface area contributed by atoms with E-state index in [0.717, 1.165) is 0 Å². The van der Waals surface area contributed by atoms with Crippen molar-refractivity contribution >= 4 is 20.8 Å². The van der Waals surface area contributed by atoms with E-state index >= 15 is 0 Å². The summed E-state index contributed by atoms with van der Waals surface area (Å²) in [5.41, 5.74) is 0. The average molecular weight is 471 g/mol. The topological polar surface area (TPSA) is 149 Å². The van der Waals surface area contributed by atoms with Crippen LogP contribution in [0, 0.1) is 0 Å². The number of hydrogen-bond acceptors (Lipinski definition) is 4. The maximum atomic E-state index is 8.74. The Morgan fingerprint density at radius 3 is 0.621 bits per heavy atom. The highest BCUT2D eigenvalue weighted by Gasteiger charge is 1.92. The van der Waals surface area contributed by atoms with Crippen molar-refractivity contribution in [2.75, 3.05) is 0 Å². The summed E-state index contributed by atoms with van der Waals surface area (Å²) in [6.45, 7) is 4.58. The van der Waals surface area contributed by atoms with Crippen molar-refractivity contribution in [3.8, 4) is 0 Å². The highest BCUT2D eigenvalue weighted by Crippen LogP contribution is 2.12. The Bertz CT molecular complexity index is 403. The highest BCUT2D eigenvalue weighted by molar-refractivity contribution is 7.80. The smallest absolute Gasteiger partial charge is 0.264 e. The average Bonchev–Trinajstić information content (AvgIpc) is 2.45. The monoisotopic (exact) mass is 470 g/mol. The normalized spacial score (nSPS) is 10.0. The Kier molecular flexibility index (Phi) is 44.2. The summed E-state index contributed by atoms with van der Waals surface area (Å²) in [5, 5.41) is 0. The molecule has 0 amide bonds. The first-order valence-corrected chi connectivity index (χ1v) is 12.1. The molecular formula is C19H50O8S2. The van der Waals surface area contributed by atoms with Gasteiger partial charge in [0.1, 0.15) is 0 Å². The van der Waals surface area contributed by atoms with Crippen LogP contribution >= 0.6 is 0 Å². The minimum absolute atomic E-state index is 0. The van der Waals surface area contributed by atoms with Crippen LogP contribution in [0.1, 0.15) is 126 Å². The van der Waals surface area contributed by atoms with Gasteiger partial charge < -0.3 is 0 Å². The third-order valence-corrected chi connectivity index (χ3v) is 3.46. The summed E-state index contributed by atoms with van der Waals surface area (Å²) < 4.78 is 63.2. The zero-order valence-corrected chi connectivity index (χ0v) is 17.8. The SMILES string of the molecule is C.C.C.CCCCCCCCCCCCCCCC.O=S(=O)(O)O.O=S(=O)(O)O. The molecule has 0 unspecified atom stereocenters. The summed E-state index contributed by atoms with van der Waals surface area (Å²) in [7, 11) is -9.33. The second-order valence-electron chi connectivity index (χ2n) is 6.14. The maximum absolute atomic E-state index is 8.74. The Labute approximate surface area is 182 Å². The lowest BCUT2D eigenvalue weighted by Crippen LogP contribution is -1.89. The molecule has 0 spiro atoms. The first kappa shape index (κ1) is 42.8. The van der Waals surface area contributed by atoms with Gasteiger partial charge in [0.2, 0.25) is 0 Å². The van der Waals surface area contributed by atoms with Crippen molar-refractivity contribution in [2.45, 2.75) is 126 Å². The molecule has 0 bridgehead atoms. The van der Waals surface area contributed by atoms with E-state index in [1.54, 1.807) is 0 Å². The number of rotatable bonds is 13. The van der Waals surface area contributed by atoms with Gasteiger partial charge in [-0.25, -0.2) is 0 Å². The molecule has 29 heavy (non-hydrogen) atoms. The van der Waals surface area contributed by atoms with E-state index in [2.05, 4.69) is 13.8 Å². The summed E-state index contributed by atoms with van der Waals surface area (Å²) in [6.07, 6.45) is 20.4. The van der Waals surface area contributed by atoms with E-state index in [1.165, 1.54) is 89.9 Å². The number of hydrogen-bond donors (Lipinski definition) is 4. The van der Waals surface area contributed by atoms with Gasteiger partial charge in [0, 0.05) is 0 Å². The molecule has 0 fully saturated rings. The number of unbranched alkanes of at least 4 members (excludes halogenated alkanes) is 13.